The van der Waals surface area contributed by atoms with Crippen LogP contribution in [0.15, 0.2) is 42.6 Å². The van der Waals surface area contributed by atoms with Crippen molar-refractivity contribution in [3.63, 3.8) is 0 Å². The molecule has 0 saturated carbocycles. The maximum Gasteiger partial charge on any atom is 0.471 e. The number of ether oxygens (including phenoxy) is 1. The van der Waals surface area contributed by atoms with Crippen molar-refractivity contribution in [1.82, 2.24) is 20.9 Å². The monoisotopic (exact) mass is 464 g/mol. The second-order valence-electron chi connectivity index (χ2n) is 8.10. The zero-order chi connectivity index (χ0) is 24.0. The number of amides is 2. The molecule has 3 rings (SSSR count). The molecule has 1 aliphatic heterocycles. The fourth-order valence-electron chi connectivity index (χ4n) is 3.54. The molecule has 1 aliphatic rings. The average Bonchev–Trinajstić information content (AvgIpc) is 2.78. The summed E-state index contributed by atoms with van der Waals surface area (Å²) in [6, 6.07) is 9.11. The molecule has 2 amide bonds. The first-order chi connectivity index (χ1) is 15.6. The van der Waals surface area contributed by atoms with Gasteiger partial charge in [0.05, 0.1) is 12.2 Å². The Morgan fingerprint density at radius 3 is 2.48 bits per heavy atom. The molecule has 0 radical (unpaired) electrons. The Labute approximate surface area is 190 Å². The van der Waals surface area contributed by atoms with Crippen molar-refractivity contribution in [2.45, 2.75) is 51.1 Å². The molecule has 2 heterocycles. The van der Waals surface area contributed by atoms with E-state index < -0.39 is 24.2 Å². The minimum absolute atomic E-state index is 0.0352. The van der Waals surface area contributed by atoms with E-state index in [4.69, 9.17) is 4.74 Å². The molecule has 1 aromatic carbocycles. The van der Waals surface area contributed by atoms with Crippen LogP contribution in [0.1, 0.15) is 47.5 Å². The van der Waals surface area contributed by atoms with Crippen LogP contribution in [0.25, 0.3) is 0 Å². The number of hydrogen-bond donors (Lipinski definition) is 3. The van der Waals surface area contributed by atoms with Crippen molar-refractivity contribution in [1.29, 1.82) is 0 Å². The van der Waals surface area contributed by atoms with Crippen molar-refractivity contribution in [3.8, 4) is 5.75 Å². The summed E-state index contributed by atoms with van der Waals surface area (Å²) in [6.07, 6.45) is -2.70. The van der Waals surface area contributed by atoms with E-state index in [2.05, 4.69) is 15.6 Å². The summed E-state index contributed by atoms with van der Waals surface area (Å²) >= 11 is 0. The van der Waals surface area contributed by atoms with Crippen molar-refractivity contribution in [3.05, 3.63) is 59.4 Å². The number of aryl methyl sites for hydroxylation is 1. The highest BCUT2D eigenvalue weighted by Gasteiger charge is 2.40. The van der Waals surface area contributed by atoms with E-state index in [1.165, 1.54) is 25.3 Å². The van der Waals surface area contributed by atoms with E-state index in [9.17, 15) is 22.8 Å². The molecule has 3 N–H and O–H groups in total. The van der Waals surface area contributed by atoms with Gasteiger partial charge in [-0.1, -0.05) is 29.8 Å². The first-order valence-corrected chi connectivity index (χ1v) is 10.7. The number of hydrogen-bond acceptors (Lipinski definition) is 5. The number of benzene rings is 1. The number of alkyl halides is 3. The molecular formula is C23H27F3N4O3. The molecule has 2 unspecified atom stereocenters. The minimum Gasteiger partial charge on any atom is -0.482 e. The lowest BCUT2D eigenvalue weighted by molar-refractivity contribution is -0.174. The third kappa shape index (κ3) is 6.92. The van der Waals surface area contributed by atoms with E-state index in [1.807, 2.05) is 12.2 Å². The van der Waals surface area contributed by atoms with Gasteiger partial charge in [0.25, 0.3) is 5.91 Å². The van der Waals surface area contributed by atoms with Crippen LogP contribution in [-0.4, -0.2) is 48.1 Å². The maximum absolute atomic E-state index is 12.7. The number of nitrogens with one attached hydrogen (secondary N) is 3. The van der Waals surface area contributed by atoms with Crippen LogP contribution >= 0.6 is 0 Å². The number of piperidine rings is 1. The second kappa shape index (κ2) is 10.7. The largest absolute Gasteiger partial charge is 0.482 e. The van der Waals surface area contributed by atoms with Gasteiger partial charge >= 0.3 is 12.1 Å². The minimum atomic E-state index is -5.00. The molecule has 0 aliphatic carbocycles. The molecule has 7 nitrogen and oxygen atoms in total. The Hall–Kier alpha value is -3.14. The van der Waals surface area contributed by atoms with Gasteiger partial charge in [0.15, 0.2) is 0 Å². The van der Waals surface area contributed by atoms with E-state index >= 15 is 0 Å². The zero-order valence-electron chi connectivity index (χ0n) is 18.4. The lowest BCUT2D eigenvalue weighted by atomic mass is 10.0. The SMILES string of the molecule is Cc1ccc([C@@H](Oc2ccc(C(=O)NC3CCCNC3)nc2)C(C)NC(=O)C(F)(F)F)cc1. The van der Waals surface area contributed by atoms with E-state index in [0.29, 0.717) is 12.1 Å². The smallest absolute Gasteiger partial charge is 0.471 e. The van der Waals surface area contributed by atoms with Crippen LogP contribution in [0.5, 0.6) is 5.75 Å². The molecule has 1 saturated heterocycles. The Kier molecular flexibility index (Phi) is 7.91. The first-order valence-electron chi connectivity index (χ1n) is 10.7. The van der Waals surface area contributed by atoms with Crippen LogP contribution in [0.4, 0.5) is 13.2 Å². The highest BCUT2D eigenvalue weighted by molar-refractivity contribution is 5.92. The standard InChI is InChI=1S/C23H27F3N4O3/c1-14-5-7-16(8-6-14)20(15(2)29-22(32)23(24,25)26)33-18-9-10-19(28-13-18)21(31)30-17-4-3-11-27-12-17/h5-10,13,15,17,20,27H,3-4,11-12H2,1-2H3,(H,29,32)(H,30,31)/t15?,17?,20-/m0/s1. The molecule has 10 heteroatoms. The summed E-state index contributed by atoms with van der Waals surface area (Å²) < 4.78 is 44.1. The van der Waals surface area contributed by atoms with Gasteiger partial charge in [-0.2, -0.15) is 13.2 Å². The third-order valence-electron chi connectivity index (χ3n) is 5.34. The van der Waals surface area contributed by atoms with Crippen molar-refractivity contribution < 1.29 is 27.5 Å². The Balaban J connectivity index is 1.72. The van der Waals surface area contributed by atoms with Crippen LogP contribution in [-0.2, 0) is 4.79 Å². The summed E-state index contributed by atoms with van der Waals surface area (Å²) in [5.41, 5.74) is 1.76. The van der Waals surface area contributed by atoms with Crippen LogP contribution in [0.2, 0.25) is 0 Å². The molecule has 178 valence electrons. The lowest BCUT2D eigenvalue weighted by Crippen LogP contribution is -2.45. The van der Waals surface area contributed by atoms with Gasteiger partial charge in [-0.15, -0.1) is 0 Å². The van der Waals surface area contributed by atoms with Gasteiger partial charge < -0.3 is 20.7 Å². The van der Waals surface area contributed by atoms with Gasteiger partial charge in [-0.05, 0) is 50.9 Å². The number of halogens is 3. The number of rotatable bonds is 7. The summed E-state index contributed by atoms with van der Waals surface area (Å²) in [5, 5.41) is 8.09. The van der Waals surface area contributed by atoms with Gasteiger partial charge in [0.1, 0.15) is 17.5 Å². The zero-order valence-corrected chi connectivity index (χ0v) is 18.4. The lowest BCUT2D eigenvalue weighted by Gasteiger charge is -2.27. The summed E-state index contributed by atoms with van der Waals surface area (Å²) in [7, 11) is 0. The van der Waals surface area contributed by atoms with Crippen molar-refractivity contribution >= 4 is 11.8 Å². The van der Waals surface area contributed by atoms with Gasteiger partial charge in [-0.3, -0.25) is 9.59 Å². The number of carbonyl (C=O) groups excluding carboxylic acids is 2. The van der Waals surface area contributed by atoms with Crippen LogP contribution < -0.4 is 20.7 Å². The molecule has 33 heavy (non-hydrogen) atoms. The first kappa shape index (κ1) is 24.5. The van der Waals surface area contributed by atoms with Crippen LogP contribution in [0.3, 0.4) is 0 Å². The molecule has 0 bridgehead atoms. The Bertz CT molecular complexity index is 943. The Morgan fingerprint density at radius 2 is 1.91 bits per heavy atom. The predicted octanol–water partition coefficient (Wildman–Crippen LogP) is 3.06. The second-order valence-corrected chi connectivity index (χ2v) is 8.10. The molecule has 0 spiro atoms. The van der Waals surface area contributed by atoms with Gasteiger partial charge in [0, 0.05) is 12.6 Å². The summed E-state index contributed by atoms with van der Waals surface area (Å²) in [6.45, 7) is 4.94. The maximum atomic E-state index is 12.7. The average molecular weight is 464 g/mol. The van der Waals surface area contributed by atoms with E-state index in [1.54, 1.807) is 24.3 Å². The summed E-state index contributed by atoms with van der Waals surface area (Å²) in [4.78, 5) is 28.0. The molecular weight excluding hydrogens is 437 g/mol. The normalized spacial score (nSPS) is 18.2. The van der Waals surface area contributed by atoms with Gasteiger partial charge in [-0.25, -0.2) is 4.98 Å². The molecule has 1 aromatic heterocycles. The summed E-state index contributed by atoms with van der Waals surface area (Å²) in [5.74, 6) is -2.10. The topological polar surface area (TPSA) is 92.3 Å². The molecule has 2 aromatic rings. The van der Waals surface area contributed by atoms with Gasteiger partial charge in [0.2, 0.25) is 0 Å². The quantitative estimate of drug-likeness (QED) is 0.586. The van der Waals surface area contributed by atoms with Crippen molar-refractivity contribution in [2.24, 2.45) is 0 Å². The highest BCUT2D eigenvalue weighted by atomic mass is 19.4. The van der Waals surface area contributed by atoms with E-state index in [-0.39, 0.29) is 23.4 Å². The molecule has 3 atom stereocenters. The molecule has 1 fully saturated rings. The van der Waals surface area contributed by atoms with Crippen LogP contribution in [0, 0.1) is 6.92 Å². The number of nitrogens with zero attached hydrogens (tertiary/aromatic N) is 1. The van der Waals surface area contributed by atoms with Crippen molar-refractivity contribution in [2.75, 3.05) is 13.1 Å². The number of carbonyl (C=O) groups is 2. The Morgan fingerprint density at radius 1 is 1.18 bits per heavy atom. The number of aromatic nitrogens is 1. The predicted molar refractivity (Wildman–Crippen MR) is 116 cm³/mol. The fourth-order valence-corrected chi connectivity index (χ4v) is 3.54. The fraction of sp³-hybridized carbons (Fsp3) is 0.435. The third-order valence-corrected chi connectivity index (χ3v) is 5.34. The highest BCUT2D eigenvalue weighted by Crippen LogP contribution is 2.26. The van der Waals surface area contributed by atoms with E-state index in [0.717, 1.165) is 24.9 Å². The number of pyridine rings is 1.